The molecule has 0 bridgehead atoms. The zero-order valence-corrected chi connectivity index (χ0v) is 40.5. The molecule has 0 aromatic heterocycles. The molecule has 0 saturated carbocycles. The normalized spacial score (nSPS) is 41.3. The average Bonchev–Trinajstić information content (AvgIpc) is 3.19. The molecule has 32 heteroatoms. The van der Waals surface area contributed by atoms with E-state index >= 15 is 0 Å². The average molecular weight is 1040 g/mol. The van der Waals surface area contributed by atoms with Crippen molar-refractivity contribution in [3.63, 3.8) is 0 Å². The molecule has 27 nitrogen and oxygen atoms in total. The van der Waals surface area contributed by atoms with E-state index in [1.54, 1.807) is 13.8 Å². The van der Waals surface area contributed by atoms with E-state index in [1.807, 2.05) is 20.8 Å². The first kappa shape index (κ1) is 57.0. The zero-order chi connectivity index (χ0) is 49.0. The fraction of sp³-hybridized carbons (Fsp3) is 1.00. The first-order valence-electron chi connectivity index (χ1n) is 20.3. The Balaban J connectivity index is 1.70. The van der Waals surface area contributed by atoms with E-state index in [2.05, 4.69) is 31.6 Å². The van der Waals surface area contributed by atoms with E-state index in [9.17, 15) is 57.1 Å². The highest BCUT2D eigenvalue weighted by Crippen LogP contribution is 2.43. The minimum absolute atomic E-state index is 0.0121. The molecule has 0 amide bonds. The highest BCUT2D eigenvalue weighted by Gasteiger charge is 2.55. The van der Waals surface area contributed by atoms with Crippen LogP contribution < -0.4 is 5.26 Å². The highest BCUT2D eigenvalue weighted by atomic mass is 32.3. The van der Waals surface area contributed by atoms with Crippen molar-refractivity contribution in [1.29, 1.82) is 0 Å². The lowest BCUT2D eigenvalue weighted by Gasteiger charge is -2.51. The lowest BCUT2D eigenvalue weighted by Crippen LogP contribution is -2.63. The summed E-state index contributed by atoms with van der Waals surface area (Å²) in [5, 5.41) is 13.6. The maximum absolute atomic E-state index is 12.3. The third kappa shape index (κ3) is 15.9. The second kappa shape index (κ2) is 23.5. The maximum Gasteiger partial charge on any atom is 0.218 e. The second-order valence-electron chi connectivity index (χ2n) is 16.4. The van der Waals surface area contributed by atoms with Gasteiger partial charge in [-0.2, -0.15) is 0 Å². The molecule has 0 aromatic carbocycles. The molecule has 65 heavy (non-hydrogen) atoms. The summed E-state index contributed by atoms with van der Waals surface area (Å²) in [5.74, 6) is -3.74. The molecule has 4 heterocycles. The van der Waals surface area contributed by atoms with E-state index in [1.165, 1.54) is 6.92 Å². The second-order valence-corrected chi connectivity index (χ2v) is 21.0. The first-order chi connectivity index (χ1) is 30.0. The molecular weight excluding hydrogens is 989 g/mol. The lowest BCUT2D eigenvalue weighted by molar-refractivity contribution is -0.777. The predicted molar refractivity (Wildman–Crippen MR) is 206 cm³/mol. The van der Waals surface area contributed by atoms with Crippen molar-refractivity contribution in [2.75, 3.05) is 13.2 Å². The van der Waals surface area contributed by atoms with Gasteiger partial charge in [0.25, 0.3) is 0 Å². The van der Waals surface area contributed by atoms with Crippen molar-refractivity contribution in [3.8, 4) is 0 Å². The molecule has 4 fully saturated rings. The van der Waals surface area contributed by atoms with Gasteiger partial charge in [-0.15, -0.1) is 4.33 Å². The van der Waals surface area contributed by atoms with Gasteiger partial charge in [-0.05, 0) is 37.5 Å². The van der Waals surface area contributed by atoms with Gasteiger partial charge in [-0.3, -0.25) is 26.0 Å². The molecule has 0 spiro atoms. The summed E-state index contributed by atoms with van der Waals surface area (Å²) in [6.45, 7) is 13.4. The molecule has 10 unspecified atom stereocenters. The summed E-state index contributed by atoms with van der Waals surface area (Å²) in [5.41, 5.74) is 0. The molecule has 0 radical (unpaired) electrons. The Labute approximate surface area is 383 Å². The Bertz CT molecular complexity index is 1950. The first-order valence-corrected chi connectivity index (χ1v) is 26.3. The van der Waals surface area contributed by atoms with Crippen LogP contribution in [0, 0.1) is 35.5 Å². The van der Waals surface area contributed by atoms with E-state index in [4.69, 9.17) is 45.7 Å². The molecule has 4 saturated heterocycles. The Kier molecular flexibility index (Phi) is 20.6. The summed E-state index contributed by atoms with van der Waals surface area (Å²) in [6, 6.07) is 0. The van der Waals surface area contributed by atoms with Crippen LogP contribution in [0.25, 0.3) is 0 Å². The van der Waals surface area contributed by atoms with Crippen LogP contribution in [0.2, 0.25) is 0 Å². The summed E-state index contributed by atoms with van der Waals surface area (Å²) in [7, 11) is -22.4. The van der Waals surface area contributed by atoms with Crippen LogP contribution in [0.1, 0.15) is 75.2 Å². The van der Waals surface area contributed by atoms with E-state index in [0.717, 1.165) is 6.92 Å². The Morgan fingerprint density at radius 1 is 0.462 bits per heavy atom. The molecule has 0 N–H and O–H groups in total. The van der Waals surface area contributed by atoms with Crippen LogP contribution in [0.5, 0.6) is 0 Å². The van der Waals surface area contributed by atoms with E-state index < -0.39 is 146 Å². The molecule has 4 rings (SSSR count). The standard InChI is InChI=1S/C33H60O27S5/c1-10-21-25(15(4)14(3)20(9)49-21)53-31-17(6)16(5)26(22(11-2)50-31)54-32-29(57-64(41,42)43)18(7)27(23(51-32)12-47-62(35,36)37)55-33-30(58-65(44,45)46)19(8)28(56-61-60-59-34)24(52-33)13-48-63(38,39)40/h14-34H,10-13H2,1-9H3,(H,35,36,37)(H,38,39,40)(H,41,42,43)(H,44,45,46)/p-5/t14?,15-,16-,17?,18?,19?,20+,21?,22?,23?,24?,25-,26-,27+,28+,29?,30?,31+,32-,33-/m1/s1. The molecule has 384 valence electrons. The summed E-state index contributed by atoms with van der Waals surface area (Å²) >= 11 is -0.185. The molecule has 0 aromatic rings. The SMILES string of the molecule is CCC1O[C@@H](O[C@H]2C(CC)O[C@@H](C)C(C)[C@H]2C)C(C)[C@@H](C)[C@H]1O[C@H]1OC(COS(=O)(=O)[O-])[C@@H](O[C@H]2OC(COS(=O)(=O)[O-])[C@@H](OSOO[O-])C(C)C2OS(=O)(=O)[O-])C(C)C1OS(=O)(=O)[O-]. The van der Waals surface area contributed by atoms with Crippen molar-refractivity contribution in [2.45, 2.75) is 161 Å². The monoisotopic (exact) mass is 1040 g/mol. The minimum Gasteiger partial charge on any atom is -0.726 e. The quantitative estimate of drug-likeness (QED) is 0.0331. The van der Waals surface area contributed by atoms with Crippen molar-refractivity contribution >= 4 is 53.9 Å². The van der Waals surface area contributed by atoms with Crippen LogP contribution >= 0.6 is 12.3 Å². The smallest absolute Gasteiger partial charge is 0.218 e. The van der Waals surface area contributed by atoms with Gasteiger partial charge in [0.1, 0.15) is 30.5 Å². The van der Waals surface area contributed by atoms with Crippen molar-refractivity contribution in [3.05, 3.63) is 0 Å². The third-order valence-electron chi connectivity index (χ3n) is 12.4. The molecule has 0 aliphatic carbocycles. The lowest BCUT2D eigenvalue weighted by atomic mass is 9.80. The van der Waals surface area contributed by atoms with Gasteiger partial charge in [0, 0.05) is 17.8 Å². The van der Waals surface area contributed by atoms with Crippen molar-refractivity contribution in [1.82, 2.24) is 0 Å². The largest absolute Gasteiger partial charge is 0.726 e. The highest BCUT2D eigenvalue weighted by molar-refractivity contribution is 7.89. The van der Waals surface area contributed by atoms with Crippen molar-refractivity contribution in [2.24, 2.45) is 35.5 Å². The van der Waals surface area contributed by atoms with Crippen LogP contribution in [-0.2, 0) is 105 Å². The van der Waals surface area contributed by atoms with Gasteiger partial charge >= 0.3 is 0 Å². The van der Waals surface area contributed by atoms with Crippen LogP contribution in [0.4, 0.5) is 0 Å². The molecule has 4 aliphatic rings. The van der Waals surface area contributed by atoms with Gasteiger partial charge in [0.15, 0.2) is 31.2 Å². The number of hydrogen-bond acceptors (Lipinski definition) is 28. The van der Waals surface area contributed by atoms with Gasteiger partial charge in [-0.25, -0.2) is 33.7 Å². The van der Waals surface area contributed by atoms with E-state index in [0.29, 0.717) is 6.42 Å². The Morgan fingerprint density at radius 3 is 1.28 bits per heavy atom. The molecular formula is C33H55O27S5-5. The predicted octanol–water partition coefficient (Wildman–Crippen LogP) is -0.443. The number of hydrogen-bond donors (Lipinski definition) is 0. The third-order valence-corrected chi connectivity index (χ3v) is 14.5. The van der Waals surface area contributed by atoms with E-state index in [-0.39, 0.29) is 48.9 Å². The zero-order valence-electron chi connectivity index (χ0n) is 36.4. The summed E-state index contributed by atoms with van der Waals surface area (Å²) < 4.78 is 213. The number of rotatable bonds is 22. The fourth-order valence-corrected chi connectivity index (χ4v) is 10.6. The Morgan fingerprint density at radius 2 is 0.846 bits per heavy atom. The van der Waals surface area contributed by atoms with Gasteiger partial charge in [0.05, 0.1) is 49.8 Å². The maximum atomic E-state index is 12.3. The van der Waals surface area contributed by atoms with Gasteiger partial charge < -0.3 is 56.6 Å². The van der Waals surface area contributed by atoms with Crippen LogP contribution in [0.3, 0.4) is 0 Å². The van der Waals surface area contributed by atoms with Crippen molar-refractivity contribution < 1.29 is 121 Å². The van der Waals surface area contributed by atoms with Crippen LogP contribution in [-0.4, -0.2) is 151 Å². The van der Waals surface area contributed by atoms with Gasteiger partial charge in [0.2, 0.25) is 41.6 Å². The summed E-state index contributed by atoms with van der Waals surface area (Å²) in [6.07, 6.45) is -17.8. The van der Waals surface area contributed by atoms with Gasteiger partial charge in [-0.1, -0.05) is 55.4 Å². The molecule has 4 aliphatic heterocycles. The Hall–Kier alpha value is -0.610. The topological polar surface area (TPSA) is 381 Å². The minimum atomic E-state index is -5.71. The summed E-state index contributed by atoms with van der Waals surface area (Å²) in [4.78, 5) is 0. The molecule has 20 atom stereocenters. The number of ether oxygens (including phenoxy) is 7. The fourth-order valence-electron chi connectivity index (χ4n) is 8.46. The van der Waals surface area contributed by atoms with Crippen LogP contribution in [0.15, 0.2) is 0 Å².